The predicted octanol–water partition coefficient (Wildman–Crippen LogP) is 2.95. The van der Waals surface area contributed by atoms with E-state index in [9.17, 15) is 14.4 Å². The second kappa shape index (κ2) is 9.91. The summed E-state index contributed by atoms with van der Waals surface area (Å²) in [6.45, 7) is 3.12. The van der Waals surface area contributed by atoms with Gasteiger partial charge in [0.15, 0.2) is 0 Å². The van der Waals surface area contributed by atoms with E-state index in [1.54, 1.807) is 0 Å². The maximum atomic E-state index is 12.5. The first kappa shape index (κ1) is 20.6. The highest BCUT2D eigenvalue weighted by Crippen LogP contribution is 2.29. The minimum absolute atomic E-state index is 0.00674. The van der Waals surface area contributed by atoms with E-state index in [0.29, 0.717) is 24.6 Å². The van der Waals surface area contributed by atoms with E-state index in [-0.39, 0.29) is 23.3 Å². The number of carbonyl (C=O) groups excluding carboxylic acids is 2. The SMILES string of the molecule is CCOc1ccc(NC(=O)C2CCC(CNC(=O)c3ccc(=O)[nH]c3)CC2)cc1. The molecule has 0 spiro atoms. The maximum absolute atomic E-state index is 12.5. The van der Waals surface area contributed by atoms with E-state index in [0.717, 1.165) is 37.1 Å². The Kier molecular flexibility index (Phi) is 7.05. The lowest BCUT2D eigenvalue weighted by molar-refractivity contribution is -0.121. The van der Waals surface area contributed by atoms with Crippen LogP contribution in [0.15, 0.2) is 47.4 Å². The molecule has 0 saturated heterocycles. The van der Waals surface area contributed by atoms with Gasteiger partial charge in [-0.25, -0.2) is 0 Å². The highest BCUT2D eigenvalue weighted by Gasteiger charge is 2.26. The Hall–Kier alpha value is -3.09. The second-order valence-electron chi connectivity index (χ2n) is 7.32. The molecule has 1 saturated carbocycles. The van der Waals surface area contributed by atoms with Crippen molar-refractivity contribution in [1.29, 1.82) is 0 Å². The number of hydrogen-bond donors (Lipinski definition) is 3. The van der Waals surface area contributed by atoms with Gasteiger partial charge in [0.25, 0.3) is 5.91 Å². The molecule has 2 amide bonds. The minimum atomic E-state index is -0.233. The van der Waals surface area contributed by atoms with Crippen LogP contribution >= 0.6 is 0 Å². The number of aromatic amines is 1. The fourth-order valence-electron chi connectivity index (χ4n) is 3.57. The van der Waals surface area contributed by atoms with Crippen LogP contribution in [0.2, 0.25) is 0 Å². The van der Waals surface area contributed by atoms with Crippen molar-refractivity contribution in [1.82, 2.24) is 10.3 Å². The van der Waals surface area contributed by atoms with Crippen LogP contribution in [0.4, 0.5) is 5.69 Å². The topological polar surface area (TPSA) is 100 Å². The summed E-state index contributed by atoms with van der Waals surface area (Å²) in [5.41, 5.74) is 0.977. The summed E-state index contributed by atoms with van der Waals surface area (Å²) in [4.78, 5) is 38.2. The van der Waals surface area contributed by atoms with Crippen molar-refractivity contribution >= 4 is 17.5 Å². The molecule has 7 heteroatoms. The van der Waals surface area contributed by atoms with E-state index in [4.69, 9.17) is 4.74 Å². The van der Waals surface area contributed by atoms with Crippen molar-refractivity contribution < 1.29 is 14.3 Å². The summed E-state index contributed by atoms with van der Waals surface area (Å²) in [5, 5.41) is 5.89. The molecular formula is C22H27N3O4. The first-order valence-electron chi connectivity index (χ1n) is 10.1. The van der Waals surface area contributed by atoms with Crippen LogP contribution in [0.3, 0.4) is 0 Å². The number of aromatic nitrogens is 1. The van der Waals surface area contributed by atoms with Crippen molar-refractivity contribution in [3.8, 4) is 5.75 Å². The Morgan fingerprint density at radius 1 is 1.07 bits per heavy atom. The third-order valence-corrected chi connectivity index (χ3v) is 5.25. The summed E-state index contributed by atoms with van der Waals surface area (Å²) in [6.07, 6.45) is 4.82. The Morgan fingerprint density at radius 2 is 1.79 bits per heavy atom. The molecular weight excluding hydrogens is 370 g/mol. The number of nitrogens with one attached hydrogen (secondary N) is 3. The molecule has 0 radical (unpaired) electrons. The first-order valence-corrected chi connectivity index (χ1v) is 10.1. The number of pyridine rings is 1. The largest absolute Gasteiger partial charge is 0.494 e. The third kappa shape index (κ3) is 5.94. The van der Waals surface area contributed by atoms with Crippen molar-refractivity contribution in [2.45, 2.75) is 32.6 Å². The Bertz CT molecular complexity index is 863. The van der Waals surface area contributed by atoms with Crippen molar-refractivity contribution in [3.63, 3.8) is 0 Å². The van der Waals surface area contributed by atoms with E-state index < -0.39 is 0 Å². The molecule has 2 aromatic rings. The Labute approximate surface area is 169 Å². The molecule has 29 heavy (non-hydrogen) atoms. The number of anilines is 1. The van der Waals surface area contributed by atoms with Crippen LogP contribution < -0.4 is 20.9 Å². The molecule has 1 aliphatic rings. The zero-order valence-corrected chi connectivity index (χ0v) is 16.6. The van der Waals surface area contributed by atoms with Gasteiger partial charge in [0.05, 0.1) is 12.2 Å². The second-order valence-corrected chi connectivity index (χ2v) is 7.32. The average molecular weight is 397 g/mol. The molecule has 154 valence electrons. The third-order valence-electron chi connectivity index (χ3n) is 5.25. The van der Waals surface area contributed by atoms with Crippen molar-refractivity contribution in [3.05, 3.63) is 58.5 Å². The lowest BCUT2D eigenvalue weighted by Crippen LogP contribution is -2.33. The zero-order chi connectivity index (χ0) is 20.6. The van der Waals surface area contributed by atoms with Crippen LogP contribution in [0.1, 0.15) is 43.0 Å². The van der Waals surface area contributed by atoms with E-state index >= 15 is 0 Å². The van der Waals surface area contributed by atoms with Crippen molar-refractivity contribution in [2.24, 2.45) is 11.8 Å². The van der Waals surface area contributed by atoms with Gasteiger partial charge in [0.2, 0.25) is 11.5 Å². The maximum Gasteiger partial charge on any atom is 0.252 e. The number of H-pyrrole nitrogens is 1. The van der Waals surface area contributed by atoms with Crippen molar-refractivity contribution in [2.75, 3.05) is 18.5 Å². The molecule has 1 fully saturated rings. The summed E-state index contributed by atoms with van der Waals surface area (Å²) in [5.74, 6) is 0.986. The van der Waals surface area contributed by atoms with Gasteiger partial charge in [0, 0.05) is 30.4 Å². The summed E-state index contributed by atoms with van der Waals surface area (Å²) in [6, 6.07) is 10.2. The van der Waals surface area contributed by atoms with E-state index in [1.807, 2.05) is 31.2 Å². The number of amides is 2. The van der Waals surface area contributed by atoms with Gasteiger partial charge in [-0.2, -0.15) is 0 Å². The van der Waals surface area contributed by atoms with Gasteiger partial charge < -0.3 is 20.4 Å². The molecule has 1 aromatic heterocycles. The monoisotopic (exact) mass is 397 g/mol. The first-order chi connectivity index (χ1) is 14.0. The number of benzene rings is 1. The summed E-state index contributed by atoms with van der Waals surface area (Å²) < 4.78 is 5.41. The standard InChI is InChI=1S/C22H27N3O4/c1-2-29-19-10-8-18(9-11-19)25-22(28)16-5-3-15(4-6-16)13-24-21(27)17-7-12-20(26)23-14-17/h7-12,14-16H,2-6,13H2,1H3,(H,23,26)(H,24,27)(H,25,28). The average Bonchev–Trinajstić information content (AvgIpc) is 2.74. The Morgan fingerprint density at radius 3 is 2.41 bits per heavy atom. The predicted molar refractivity (Wildman–Crippen MR) is 111 cm³/mol. The molecule has 3 rings (SSSR count). The van der Waals surface area contributed by atoms with Crippen LogP contribution in [0, 0.1) is 11.8 Å². The highest BCUT2D eigenvalue weighted by molar-refractivity contribution is 5.94. The van der Waals surface area contributed by atoms with Crippen LogP contribution in [0.25, 0.3) is 0 Å². The van der Waals surface area contributed by atoms with Crippen LogP contribution in [-0.2, 0) is 4.79 Å². The minimum Gasteiger partial charge on any atom is -0.494 e. The van der Waals surface area contributed by atoms with Crippen LogP contribution in [0.5, 0.6) is 5.75 Å². The molecule has 1 heterocycles. The highest BCUT2D eigenvalue weighted by atomic mass is 16.5. The molecule has 0 atom stereocenters. The molecule has 1 aliphatic carbocycles. The molecule has 3 N–H and O–H groups in total. The smallest absolute Gasteiger partial charge is 0.252 e. The normalized spacial score (nSPS) is 18.7. The zero-order valence-electron chi connectivity index (χ0n) is 16.6. The van der Waals surface area contributed by atoms with Gasteiger partial charge in [-0.3, -0.25) is 14.4 Å². The summed E-state index contributed by atoms with van der Waals surface area (Å²) in [7, 11) is 0. The molecule has 7 nitrogen and oxygen atoms in total. The summed E-state index contributed by atoms with van der Waals surface area (Å²) >= 11 is 0. The van der Waals surface area contributed by atoms with E-state index in [1.165, 1.54) is 18.3 Å². The van der Waals surface area contributed by atoms with E-state index in [2.05, 4.69) is 15.6 Å². The van der Waals surface area contributed by atoms with Gasteiger partial charge >= 0.3 is 0 Å². The number of carbonyl (C=O) groups is 2. The number of hydrogen-bond acceptors (Lipinski definition) is 4. The van der Waals surface area contributed by atoms with Gasteiger partial charge in [-0.05, 0) is 68.9 Å². The van der Waals surface area contributed by atoms with Gasteiger partial charge in [-0.1, -0.05) is 0 Å². The van der Waals surface area contributed by atoms with Crippen LogP contribution in [-0.4, -0.2) is 29.9 Å². The fourth-order valence-corrected chi connectivity index (χ4v) is 3.57. The quantitative estimate of drug-likeness (QED) is 0.669. The Balaban J connectivity index is 1.41. The number of rotatable bonds is 7. The molecule has 1 aromatic carbocycles. The fraction of sp³-hybridized carbons (Fsp3) is 0.409. The molecule has 0 bridgehead atoms. The molecule has 0 aliphatic heterocycles. The molecule has 0 unspecified atom stereocenters. The lowest BCUT2D eigenvalue weighted by atomic mass is 9.81. The lowest BCUT2D eigenvalue weighted by Gasteiger charge is -2.28. The number of ether oxygens (including phenoxy) is 1. The van der Waals surface area contributed by atoms with Gasteiger partial charge in [0.1, 0.15) is 5.75 Å². The van der Waals surface area contributed by atoms with Gasteiger partial charge in [-0.15, -0.1) is 0 Å².